The number of aliphatic hydroxyl groups is 1. The molecule has 0 bridgehead atoms. The second-order valence-electron chi connectivity index (χ2n) is 2.32. The molecule has 0 saturated heterocycles. The summed E-state index contributed by atoms with van der Waals surface area (Å²) in [7, 11) is 0. The van der Waals surface area contributed by atoms with E-state index in [4.69, 9.17) is 15.3 Å². The Labute approximate surface area is 81.2 Å². The molecular weight excluding hydrogens is 192 g/mol. The number of carbonyl (C=O) groups is 3. The Balaban J connectivity index is 0. The Bertz CT molecular complexity index is 177. The van der Waals surface area contributed by atoms with Crippen molar-refractivity contribution >= 4 is 18.2 Å². The maximum Gasteiger partial charge on any atom is 0.303 e. The average molecular weight is 206 g/mol. The number of rotatable bonds is 6. The van der Waals surface area contributed by atoms with Crippen LogP contribution in [0.1, 0.15) is 25.7 Å². The van der Waals surface area contributed by atoms with Gasteiger partial charge in [0.25, 0.3) is 0 Å². The second-order valence-corrected chi connectivity index (χ2v) is 2.32. The molecule has 0 aliphatic rings. The summed E-state index contributed by atoms with van der Waals surface area (Å²) in [5.74, 6) is -1.78. The number of carboxylic acids is 2. The summed E-state index contributed by atoms with van der Waals surface area (Å²) >= 11 is 0. The van der Waals surface area contributed by atoms with E-state index >= 15 is 0 Å². The van der Waals surface area contributed by atoms with E-state index in [0.717, 1.165) is 0 Å². The van der Waals surface area contributed by atoms with E-state index in [1.807, 2.05) is 0 Å². The highest BCUT2D eigenvalue weighted by Gasteiger charge is 1.92. The van der Waals surface area contributed by atoms with Gasteiger partial charge in [-0.1, -0.05) is 0 Å². The van der Waals surface area contributed by atoms with Gasteiger partial charge in [-0.15, -0.1) is 0 Å². The lowest BCUT2D eigenvalue weighted by Crippen LogP contribution is -1.95. The van der Waals surface area contributed by atoms with Gasteiger partial charge < -0.3 is 20.1 Å². The summed E-state index contributed by atoms with van der Waals surface area (Å²) in [6.45, 7) is -0.0354. The molecule has 14 heavy (non-hydrogen) atoms. The highest BCUT2D eigenvalue weighted by atomic mass is 16.4. The zero-order valence-electron chi connectivity index (χ0n) is 7.68. The van der Waals surface area contributed by atoms with Crippen LogP contribution in [-0.2, 0) is 14.4 Å². The molecule has 0 saturated carbocycles. The maximum absolute atomic E-state index is 9.65. The number of aldehydes is 1. The van der Waals surface area contributed by atoms with E-state index in [0.29, 0.717) is 12.7 Å². The zero-order chi connectivity index (χ0) is 11.4. The Hall–Kier alpha value is -1.43. The van der Waals surface area contributed by atoms with Crippen LogP contribution < -0.4 is 0 Å². The van der Waals surface area contributed by atoms with E-state index in [1.165, 1.54) is 0 Å². The Kier molecular flexibility index (Phi) is 12.4. The summed E-state index contributed by atoms with van der Waals surface area (Å²) in [5, 5.41) is 23.9. The molecule has 0 spiro atoms. The minimum Gasteiger partial charge on any atom is -0.481 e. The van der Waals surface area contributed by atoms with E-state index in [2.05, 4.69) is 0 Å². The predicted octanol–water partition coefficient (Wildman–Crippen LogP) is -0.106. The van der Waals surface area contributed by atoms with Crippen molar-refractivity contribution in [1.29, 1.82) is 0 Å². The number of hydrogen-bond donors (Lipinski definition) is 3. The van der Waals surface area contributed by atoms with Gasteiger partial charge in [0.2, 0.25) is 0 Å². The molecule has 0 amide bonds. The molecule has 0 fully saturated rings. The van der Waals surface area contributed by atoms with Gasteiger partial charge >= 0.3 is 11.9 Å². The molecule has 0 atom stereocenters. The highest BCUT2D eigenvalue weighted by molar-refractivity contribution is 5.70. The Morgan fingerprint density at radius 2 is 1.57 bits per heavy atom. The molecule has 0 radical (unpaired) electrons. The van der Waals surface area contributed by atoms with Crippen LogP contribution in [-0.4, -0.2) is 40.2 Å². The summed E-state index contributed by atoms with van der Waals surface area (Å²) in [5.41, 5.74) is 0. The minimum absolute atomic E-state index is 0.0354. The minimum atomic E-state index is -0.924. The predicted molar refractivity (Wildman–Crippen MR) is 46.9 cm³/mol. The van der Waals surface area contributed by atoms with Crippen molar-refractivity contribution in [2.45, 2.75) is 25.7 Å². The molecule has 0 aromatic carbocycles. The van der Waals surface area contributed by atoms with Gasteiger partial charge in [0.05, 0.1) is 6.42 Å². The fraction of sp³-hybridized carbons (Fsp3) is 0.625. The van der Waals surface area contributed by atoms with Gasteiger partial charge in [-0.25, -0.2) is 0 Å². The standard InChI is InChI=1S/C4H8O3.C4H6O3/c2*5-3-1-2-4(6)7/h5H,1-3H2,(H,6,7);3H,1-2H2,(H,6,7). The van der Waals surface area contributed by atoms with Crippen LogP contribution in [0.5, 0.6) is 0 Å². The van der Waals surface area contributed by atoms with Crippen LogP contribution in [0.15, 0.2) is 0 Å². The van der Waals surface area contributed by atoms with Gasteiger partial charge in [0.1, 0.15) is 6.29 Å². The topological polar surface area (TPSA) is 112 Å². The first-order valence-corrected chi connectivity index (χ1v) is 4.02. The van der Waals surface area contributed by atoms with Crippen molar-refractivity contribution in [3.63, 3.8) is 0 Å². The third-order valence-electron chi connectivity index (χ3n) is 1.02. The fourth-order valence-corrected chi connectivity index (χ4v) is 0.413. The van der Waals surface area contributed by atoms with Crippen molar-refractivity contribution in [1.82, 2.24) is 0 Å². The van der Waals surface area contributed by atoms with Crippen molar-refractivity contribution in [2.24, 2.45) is 0 Å². The molecule has 0 unspecified atom stereocenters. The largest absolute Gasteiger partial charge is 0.481 e. The smallest absolute Gasteiger partial charge is 0.303 e. The van der Waals surface area contributed by atoms with E-state index in [1.54, 1.807) is 0 Å². The Morgan fingerprint density at radius 1 is 1.07 bits per heavy atom. The van der Waals surface area contributed by atoms with E-state index in [9.17, 15) is 14.4 Å². The summed E-state index contributed by atoms with van der Waals surface area (Å²) < 4.78 is 0. The van der Waals surface area contributed by atoms with Gasteiger partial charge in [-0.05, 0) is 6.42 Å². The van der Waals surface area contributed by atoms with E-state index in [-0.39, 0.29) is 25.9 Å². The number of carbonyl (C=O) groups excluding carboxylic acids is 1. The lowest BCUT2D eigenvalue weighted by Gasteiger charge is -1.85. The molecule has 0 aromatic heterocycles. The third-order valence-corrected chi connectivity index (χ3v) is 1.02. The zero-order valence-corrected chi connectivity index (χ0v) is 7.68. The normalized spacial score (nSPS) is 8.36. The first-order valence-electron chi connectivity index (χ1n) is 4.02. The number of aliphatic carboxylic acids is 2. The van der Waals surface area contributed by atoms with Crippen molar-refractivity contribution in [2.75, 3.05) is 6.61 Å². The number of hydrogen-bond acceptors (Lipinski definition) is 4. The maximum atomic E-state index is 9.65. The molecule has 6 nitrogen and oxygen atoms in total. The van der Waals surface area contributed by atoms with E-state index < -0.39 is 11.9 Å². The molecule has 6 heteroatoms. The lowest BCUT2D eigenvalue weighted by atomic mass is 10.3. The number of aliphatic hydroxyl groups excluding tert-OH is 1. The summed E-state index contributed by atoms with van der Waals surface area (Å²) in [6, 6.07) is 0. The highest BCUT2D eigenvalue weighted by Crippen LogP contribution is 1.83. The second kappa shape index (κ2) is 11.6. The molecule has 82 valence electrons. The van der Waals surface area contributed by atoms with Gasteiger partial charge in [0, 0.05) is 19.4 Å². The third kappa shape index (κ3) is 22.4. The van der Waals surface area contributed by atoms with Gasteiger partial charge in [-0.2, -0.15) is 0 Å². The quantitative estimate of drug-likeness (QED) is 0.523. The van der Waals surface area contributed by atoms with Crippen molar-refractivity contribution in [3.8, 4) is 0 Å². The van der Waals surface area contributed by atoms with Crippen LogP contribution in [0.25, 0.3) is 0 Å². The Morgan fingerprint density at radius 3 is 1.71 bits per heavy atom. The lowest BCUT2D eigenvalue weighted by molar-refractivity contribution is -0.138. The molecule has 0 rings (SSSR count). The summed E-state index contributed by atoms with van der Waals surface area (Å²) in [6.07, 6.45) is 1.08. The summed E-state index contributed by atoms with van der Waals surface area (Å²) in [4.78, 5) is 28.7. The van der Waals surface area contributed by atoms with Crippen LogP contribution in [0, 0.1) is 0 Å². The molecule has 3 N–H and O–H groups in total. The first kappa shape index (κ1) is 15.1. The van der Waals surface area contributed by atoms with Crippen molar-refractivity contribution in [3.05, 3.63) is 0 Å². The SMILES string of the molecule is O=C(O)CCCO.O=CCCC(=O)O. The van der Waals surface area contributed by atoms with Crippen LogP contribution in [0.3, 0.4) is 0 Å². The first-order chi connectivity index (χ1) is 6.54. The molecule has 0 heterocycles. The fourth-order valence-electron chi connectivity index (χ4n) is 0.413. The van der Waals surface area contributed by atoms with Crippen molar-refractivity contribution < 1.29 is 29.7 Å². The molecular formula is C8H14O6. The average Bonchev–Trinajstić information content (AvgIpc) is 2.12. The monoisotopic (exact) mass is 206 g/mol. The van der Waals surface area contributed by atoms with Crippen LogP contribution >= 0.6 is 0 Å². The molecule has 0 aromatic rings. The van der Waals surface area contributed by atoms with Gasteiger partial charge in [-0.3, -0.25) is 9.59 Å². The molecule has 0 aliphatic heterocycles. The van der Waals surface area contributed by atoms with Gasteiger partial charge in [0.15, 0.2) is 0 Å². The van der Waals surface area contributed by atoms with Crippen LogP contribution in [0.4, 0.5) is 0 Å². The van der Waals surface area contributed by atoms with Crippen LogP contribution in [0.2, 0.25) is 0 Å². The number of carboxylic acid groups (broad SMARTS) is 2. The molecule has 0 aliphatic carbocycles.